The van der Waals surface area contributed by atoms with Crippen LogP contribution in [0.5, 0.6) is 0 Å². The number of fused-ring (bicyclic) bond motifs is 2. The lowest BCUT2D eigenvalue weighted by atomic mass is 9.52. The Morgan fingerprint density at radius 3 is 2.83 bits per heavy atom. The Kier molecular flexibility index (Phi) is 4.15. The lowest BCUT2D eigenvalue weighted by molar-refractivity contribution is -0.189. The first-order valence-corrected chi connectivity index (χ1v) is 8.84. The molecule has 0 aromatic carbocycles. The SMILES string of the molecule is C/C=C(\C)C(=O)OC1CCC2(O)Cc3occ(C)c3CC2(C)C1C. The van der Waals surface area contributed by atoms with Gasteiger partial charge in [0, 0.05) is 23.3 Å². The molecule has 4 heteroatoms. The summed E-state index contributed by atoms with van der Waals surface area (Å²) in [5.41, 5.74) is 1.85. The van der Waals surface area contributed by atoms with Crippen LogP contribution in [0.25, 0.3) is 0 Å². The van der Waals surface area contributed by atoms with Crippen LogP contribution in [0.3, 0.4) is 0 Å². The predicted octanol–water partition coefficient (Wildman–Crippen LogP) is 3.73. The van der Waals surface area contributed by atoms with Gasteiger partial charge in [0.05, 0.1) is 11.9 Å². The van der Waals surface area contributed by atoms with E-state index in [0.717, 1.165) is 17.7 Å². The fourth-order valence-corrected chi connectivity index (χ4v) is 4.42. The van der Waals surface area contributed by atoms with Gasteiger partial charge in [-0.05, 0) is 51.2 Å². The molecule has 1 saturated carbocycles. The Morgan fingerprint density at radius 1 is 1.46 bits per heavy atom. The molecule has 24 heavy (non-hydrogen) atoms. The van der Waals surface area contributed by atoms with E-state index in [1.54, 1.807) is 19.3 Å². The summed E-state index contributed by atoms with van der Waals surface area (Å²) in [4.78, 5) is 12.2. The molecule has 3 rings (SSSR count). The molecule has 0 amide bonds. The first-order chi connectivity index (χ1) is 11.2. The van der Waals surface area contributed by atoms with Gasteiger partial charge >= 0.3 is 5.97 Å². The standard InChI is InChI=1S/C20H28O4/c1-6-12(2)18(21)24-16-7-8-20(22)10-17-15(13(3)11-23-17)9-19(20,5)14(16)4/h6,11,14,16,22H,7-10H2,1-5H3/b12-6+. The summed E-state index contributed by atoms with van der Waals surface area (Å²) in [5.74, 6) is 0.742. The van der Waals surface area contributed by atoms with Gasteiger partial charge in [-0.2, -0.15) is 0 Å². The maximum absolute atomic E-state index is 12.2. The summed E-state index contributed by atoms with van der Waals surface area (Å²) < 4.78 is 11.4. The van der Waals surface area contributed by atoms with Gasteiger partial charge in [0.2, 0.25) is 0 Å². The third-order valence-corrected chi connectivity index (χ3v) is 6.67. The second-order valence-corrected chi connectivity index (χ2v) is 7.87. The van der Waals surface area contributed by atoms with E-state index in [1.165, 1.54) is 5.56 Å². The summed E-state index contributed by atoms with van der Waals surface area (Å²) in [6.45, 7) is 9.90. The number of aliphatic hydroxyl groups is 1. The molecule has 0 spiro atoms. The average Bonchev–Trinajstić information content (AvgIpc) is 2.89. The molecule has 1 aromatic rings. The van der Waals surface area contributed by atoms with Crippen molar-refractivity contribution in [2.75, 3.05) is 0 Å². The first-order valence-electron chi connectivity index (χ1n) is 8.84. The summed E-state index contributed by atoms with van der Waals surface area (Å²) in [6, 6.07) is 0. The summed E-state index contributed by atoms with van der Waals surface area (Å²) in [6.07, 6.45) is 6.02. The van der Waals surface area contributed by atoms with Gasteiger partial charge in [0.15, 0.2) is 0 Å². The van der Waals surface area contributed by atoms with Crippen LogP contribution in [0.2, 0.25) is 0 Å². The van der Waals surface area contributed by atoms with Crippen molar-refractivity contribution in [3.63, 3.8) is 0 Å². The smallest absolute Gasteiger partial charge is 0.333 e. The van der Waals surface area contributed by atoms with Crippen molar-refractivity contribution in [3.05, 3.63) is 34.8 Å². The first kappa shape index (κ1) is 17.3. The number of esters is 1. The van der Waals surface area contributed by atoms with E-state index in [0.29, 0.717) is 24.8 Å². The number of aryl methyl sites for hydroxylation is 1. The molecule has 2 aliphatic rings. The Hall–Kier alpha value is -1.55. The van der Waals surface area contributed by atoms with Crippen LogP contribution in [0.4, 0.5) is 0 Å². The maximum Gasteiger partial charge on any atom is 0.333 e. The van der Waals surface area contributed by atoms with Crippen LogP contribution in [0.1, 0.15) is 57.4 Å². The largest absolute Gasteiger partial charge is 0.469 e. The fraction of sp³-hybridized carbons (Fsp3) is 0.650. The van der Waals surface area contributed by atoms with E-state index in [2.05, 4.69) is 20.8 Å². The van der Waals surface area contributed by atoms with Crippen molar-refractivity contribution in [1.82, 2.24) is 0 Å². The van der Waals surface area contributed by atoms with Crippen molar-refractivity contribution in [1.29, 1.82) is 0 Å². The highest BCUT2D eigenvalue weighted by molar-refractivity contribution is 5.87. The molecule has 1 fully saturated rings. The van der Waals surface area contributed by atoms with Crippen LogP contribution < -0.4 is 0 Å². The minimum atomic E-state index is -0.803. The summed E-state index contributed by atoms with van der Waals surface area (Å²) in [7, 11) is 0. The van der Waals surface area contributed by atoms with Gasteiger partial charge in [-0.25, -0.2) is 4.79 Å². The molecule has 4 unspecified atom stereocenters. The summed E-state index contributed by atoms with van der Waals surface area (Å²) in [5, 5.41) is 11.4. The van der Waals surface area contributed by atoms with Crippen LogP contribution in [-0.4, -0.2) is 22.8 Å². The van der Waals surface area contributed by atoms with Crippen LogP contribution in [0, 0.1) is 18.3 Å². The normalized spacial score (nSPS) is 36.0. The van der Waals surface area contributed by atoms with Crippen molar-refractivity contribution < 1.29 is 19.1 Å². The van der Waals surface area contributed by atoms with Crippen LogP contribution >= 0.6 is 0 Å². The predicted molar refractivity (Wildman–Crippen MR) is 91.6 cm³/mol. The van der Waals surface area contributed by atoms with E-state index in [-0.39, 0.29) is 23.4 Å². The topological polar surface area (TPSA) is 59.7 Å². The van der Waals surface area contributed by atoms with Gasteiger partial charge in [-0.15, -0.1) is 0 Å². The Balaban J connectivity index is 1.89. The Labute approximate surface area is 143 Å². The highest BCUT2D eigenvalue weighted by Crippen LogP contribution is 2.55. The highest BCUT2D eigenvalue weighted by Gasteiger charge is 2.59. The van der Waals surface area contributed by atoms with Crippen LogP contribution in [-0.2, 0) is 22.4 Å². The molecule has 1 aromatic heterocycles. The van der Waals surface area contributed by atoms with Crippen molar-refractivity contribution >= 4 is 5.97 Å². The minimum absolute atomic E-state index is 0.0762. The van der Waals surface area contributed by atoms with E-state index in [4.69, 9.17) is 9.15 Å². The molecule has 132 valence electrons. The number of hydrogen-bond acceptors (Lipinski definition) is 4. The monoisotopic (exact) mass is 332 g/mol. The number of rotatable bonds is 2. The second kappa shape index (κ2) is 5.76. The van der Waals surface area contributed by atoms with Gasteiger partial charge in [-0.1, -0.05) is 19.9 Å². The molecule has 2 aliphatic carbocycles. The third kappa shape index (κ3) is 2.43. The van der Waals surface area contributed by atoms with E-state index >= 15 is 0 Å². The van der Waals surface area contributed by atoms with E-state index in [9.17, 15) is 9.90 Å². The lowest BCUT2D eigenvalue weighted by Crippen LogP contribution is -2.61. The number of ether oxygens (including phenoxy) is 1. The van der Waals surface area contributed by atoms with Gasteiger partial charge in [0.1, 0.15) is 11.9 Å². The number of allylic oxidation sites excluding steroid dienone is 1. The van der Waals surface area contributed by atoms with E-state index in [1.807, 2.05) is 6.92 Å². The summed E-state index contributed by atoms with van der Waals surface area (Å²) >= 11 is 0. The molecule has 0 bridgehead atoms. The number of carbonyl (C=O) groups is 1. The Bertz CT molecular complexity index is 686. The third-order valence-electron chi connectivity index (χ3n) is 6.67. The molecule has 0 saturated heterocycles. The molecule has 4 nitrogen and oxygen atoms in total. The van der Waals surface area contributed by atoms with Crippen molar-refractivity contribution in [2.45, 2.75) is 72.0 Å². The molecule has 1 N–H and O–H groups in total. The second-order valence-electron chi connectivity index (χ2n) is 7.87. The maximum atomic E-state index is 12.2. The molecular weight excluding hydrogens is 304 g/mol. The van der Waals surface area contributed by atoms with Gasteiger partial charge in [0.25, 0.3) is 0 Å². The number of hydrogen-bond donors (Lipinski definition) is 1. The minimum Gasteiger partial charge on any atom is -0.469 e. The zero-order chi connectivity index (χ0) is 17.7. The Morgan fingerprint density at radius 2 is 2.17 bits per heavy atom. The molecule has 0 radical (unpaired) electrons. The zero-order valence-corrected chi connectivity index (χ0v) is 15.3. The van der Waals surface area contributed by atoms with Crippen molar-refractivity contribution in [3.8, 4) is 0 Å². The van der Waals surface area contributed by atoms with E-state index < -0.39 is 5.60 Å². The molecular formula is C20H28O4. The zero-order valence-electron chi connectivity index (χ0n) is 15.3. The van der Waals surface area contributed by atoms with Gasteiger partial charge in [-0.3, -0.25) is 0 Å². The van der Waals surface area contributed by atoms with Crippen molar-refractivity contribution in [2.24, 2.45) is 11.3 Å². The molecule has 0 aliphatic heterocycles. The number of carbonyl (C=O) groups excluding carboxylic acids is 1. The van der Waals surface area contributed by atoms with Gasteiger partial charge < -0.3 is 14.3 Å². The quantitative estimate of drug-likeness (QED) is 0.662. The average molecular weight is 332 g/mol. The fourth-order valence-electron chi connectivity index (χ4n) is 4.42. The van der Waals surface area contributed by atoms with Crippen LogP contribution in [0.15, 0.2) is 22.3 Å². The highest BCUT2D eigenvalue weighted by atomic mass is 16.5. The lowest BCUT2D eigenvalue weighted by Gasteiger charge is -2.56. The molecule has 1 heterocycles. The molecule has 4 atom stereocenters. The number of furan rings is 1.